The van der Waals surface area contributed by atoms with E-state index < -0.39 is 0 Å². The van der Waals surface area contributed by atoms with Gasteiger partial charge in [-0.25, -0.2) is 0 Å². The largest absolute Gasteiger partial charge is 0.303 e. The van der Waals surface area contributed by atoms with E-state index in [9.17, 15) is 9.59 Å². The summed E-state index contributed by atoms with van der Waals surface area (Å²) in [7, 11) is 0. The van der Waals surface area contributed by atoms with Crippen molar-refractivity contribution >= 4 is 12.6 Å². The number of carbonyl (C=O) groups excluding carboxylic acids is 2. The average Bonchev–Trinajstić information content (AvgIpc) is 2.48. The Hall–Kier alpha value is -0.920. The maximum Gasteiger partial charge on any atom is 0.145 e. The molecule has 2 aliphatic rings. The highest BCUT2D eigenvalue weighted by Gasteiger charge is 2.41. The maximum atomic E-state index is 11.1. The van der Waals surface area contributed by atoms with Crippen LogP contribution >= 0.6 is 0 Å². The smallest absolute Gasteiger partial charge is 0.145 e. The lowest BCUT2D eigenvalue weighted by Crippen LogP contribution is -2.38. The van der Waals surface area contributed by atoms with Crippen LogP contribution in [-0.2, 0) is 9.59 Å². The van der Waals surface area contributed by atoms with Gasteiger partial charge in [0.1, 0.15) is 12.6 Å². The van der Waals surface area contributed by atoms with Gasteiger partial charge in [0.05, 0.1) is 0 Å². The van der Waals surface area contributed by atoms with E-state index in [1.807, 2.05) is 0 Å². The Morgan fingerprint density at radius 3 is 2.79 bits per heavy atom. The molecule has 106 valence electrons. The lowest BCUT2D eigenvalue weighted by molar-refractivity contribution is -0.110. The summed E-state index contributed by atoms with van der Waals surface area (Å²) in [6, 6.07) is 0. The molecular formula is C17H26O2. The summed E-state index contributed by atoms with van der Waals surface area (Å²) in [6.45, 7) is 2.39. The van der Waals surface area contributed by atoms with Gasteiger partial charge in [-0.2, -0.15) is 0 Å². The molecule has 0 amide bonds. The van der Waals surface area contributed by atoms with Crippen molar-refractivity contribution in [3.8, 4) is 0 Å². The van der Waals surface area contributed by atoms with Gasteiger partial charge in [0.25, 0.3) is 0 Å². The molecule has 0 radical (unpaired) electrons. The molecule has 0 N–H and O–H groups in total. The number of rotatable bonds is 3. The Balaban J connectivity index is 2.25. The van der Waals surface area contributed by atoms with E-state index in [1.54, 1.807) is 0 Å². The summed E-state index contributed by atoms with van der Waals surface area (Å²) < 4.78 is 0. The van der Waals surface area contributed by atoms with Gasteiger partial charge >= 0.3 is 0 Å². The number of carbonyl (C=O) groups is 2. The predicted molar refractivity (Wildman–Crippen MR) is 76.9 cm³/mol. The first-order valence-electron chi connectivity index (χ1n) is 7.78. The van der Waals surface area contributed by atoms with E-state index in [4.69, 9.17) is 0 Å². The molecule has 0 aliphatic heterocycles. The highest BCUT2D eigenvalue weighted by atomic mass is 16.1. The molecule has 0 bridgehead atoms. The van der Waals surface area contributed by atoms with Gasteiger partial charge in [0.15, 0.2) is 0 Å². The lowest BCUT2D eigenvalue weighted by Gasteiger charge is -2.46. The number of hydrogen-bond donors (Lipinski definition) is 0. The van der Waals surface area contributed by atoms with Crippen molar-refractivity contribution in [2.45, 2.75) is 64.7 Å². The van der Waals surface area contributed by atoms with Crippen molar-refractivity contribution in [2.75, 3.05) is 0 Å². The van der Waals surface area contributed by atoms with E-state index >= 15 is 0 Å². The first-order chi connectivity index (χ1) is 9.20. The molecule has 2 heteroatoms. The number of fused-ring (bicyclic) bond motifs is 1. The monoisotopic (exact) mass is 262 g/mol. The minimum Gasteiger partial charge on any atom is -0.303 e. The molecule has 0 spiro atoms. The van der Waals surface area contributed by atoms with Crippen LogP contribution in [0.3, 0.4) is 0 Å². The van der Waals surface area contributed by atoms with Crippen molar-refractivity contribution in [3.05, 3.63) is 11.6 Å². The van der Waals surface area contributed by atoms with Crippen LogP contribution in [0.1, 0.15) is 64.7 Å². The summed E-state index contributed by atoms with van der Waals surface area (Å²) in [6.07, 6.45) is 14.2. The molecule has 3 atom stereocenters. The Morgan fingerprint density at radius 2 is 2.05 bits per heavy atom. The average molecular weight is 262 g/mol. The molecule has 0 heterocycles. The molecule has 1 fully saturated rings. The Kier molecular flexibility index (Phi) is 4.95. The molecule has 0 saturated heterocycles. The van der Waals surface area contributed by atoms with Crippen LogP contribution in [0.4, 0.5) is 0 Å². The van der Waals surface area contributed by atoms with Crippen LogP contribution in [0.15, 0.2) is 11.6 Å². The number of aldehydes is 2. The zero-order valence-corrected chi connectivity index (χ0v) is 12.1. The Labute approximate surface area is 116 Å². The van der Waals surface area contributed by atoms with Crippen LogP contribution in [-0.4, -0.2) is 12.6 Å². The molecule has 0 aromatic heterocycles. The second-order valence-corrected chi connectivity index (χ2v) is 6.57. The third kappa shape index (κ3) is 3.16. The SMILES string of the molecule is CC12CCCCC1CCC/C(C=O)=C\CC2CC=O. The molecule has 1 saturated carbocycles. The molecular weight excluding hydrogens is 236 g/mol. The van der Waals surface area contributed by atoms with Gasteiger partial charge in [0.2, 0.25) is 0 Å². The fourth-order valence-electron chi connectivity index (χ4n) is 4.25. The molecule has 3 unspecified atom stereocenters. The predicted octanol–water partition coefficient (Wildman–Crippen LogP) is 4.09. The zero-order valence-electron chi connectivity index (χ0n) is 12.1. The lowest BCUT2D eigenvalue weighted by atomic mass is 9.58. The van der Waals surface area contributed by atoms with E-state index in [0.717, 1.165) is 43.3 Å². The van der Waals surface area contributed by atoms with Crippen molar-refractivity contribution < 1.29 is 9.59 Å². The van der Waals surface area contributed by atoms with Crippen LogP contribution in [0.5, 0.6) is 0 Å². The number of hydrogen-bond acceptors (Lipinski definition) is 2. The summed E-state index contributed by atoms with van der Waals surface area (Å²) in [5, 5.41) is 0. The van der Waals surface area contributed by atoms with Gasteiger partial charge in [0, 0.05) is 6.42 Å². The molecule has 2 rings (SSSR count). The van der Waals surface area contributed by atoms with Crippen LogP contribution < -0.4 is 0 Å². The van der Waals surface area contributed by atoms with Crippen LogP contribution in [0, 0.1) is 17.3 Å². The molecule has 2 nitrogen and oxygen atoms in total. The second kappa shape index (κ2) is 6.49. The summed E-state index contributed by atoms with van der Waals surface area (Å²) in [4.78, 5) is 22.1. The number of allylic oxidation sites excluding steroid dienone is 2. The maximum absolute atomic E-state index is 11.1. The van der Waals surface area contributed by atoms with Gasteiger partial charge in [-0.05, 0) is 61.3 Å². The summed E-state index contributed by atoms with van der Waals surface area (Å²) in [5.41, 5.74) is 1.24. The highest BCUT2D eigenvalue weighted by molar-refractivity contribution is 5.73. The van der Waals surface area contributed by atoms with E-state index in [2.05, 4.69) is 13.0 Å². The fourth-order valence-corrected chi connectivity index (χ4v) is 4.25. The van der Waals surface area contributed by atoms with Crippen LogP contribution in [0.25, 0.3) is 0 Å². The molecule has 2 aliphatic carbocycles. The van der Waals surface area contributed by atoms with Crippen molar-refractivity contribution in [1.82, 2.24) is 0 Å². The second-order valence-electron chi connectivity index (χ2n) is 6.57. The van der Waals surface area contributed by atoms with Gasteiger partial charge in [-0.15, -0.1) is 0 Å². The highest BCUT2D eigenvalue weighted by Crippen LogP contribution is 2.51. The Morgan fingerprint density at radius 1 is 1.26 bits per heavy atom. The van der Waals surface area contributed by atoms with Gasteiger partial charge in [-0.1, -0.05) is 25.8 Å². The third-order valence-electron chi connectivity index (χ3n) is 5.60. The van der Waals surface area contributed by atoms with E-state index in [-0.39, 0.29) is 0 Å². The normalized spacial score (nSPS) is 38.9. The fraction of sp³-hybridized carbons (Fsp3) is 0.765. The van der Waals surface area contributed by atoms with Gasteiger partial charge < -0.3 is 4.79 Å². The third-order valence-corrected chi connectivity index (χ3v) is 5.60. The zero-order chi connectivity index (χ0) is 13.7. The topological polar surface area (TPSA) is 34.1 Å². The first-order valence-corrected chi connectivity index (χ1v) is 7.78. The molecule has 0 aromatic rings. The van der Waals surface area contributed by atoms with Crippen LogP contribution in [0.2, 0.25) is 0 Å². The van der Waals surface area contributed by atoms with Crippen molar-refractivity contribution in [3.63, 3.8) is 0 Å². The van der Waals surface area contributed by atoms with Gasteiger partial charge in [-0.3, -0.25) is 4.79 Å². The minimum absolute atomic E-state index is 0.300. The Bertz CT molecular complexity index is 358. The van der Waals surface area contributed by atoms with E-state index in [0.29, 0.717) is 17.8 Å². The van der Waals surface area contributed by atoms with E-state index in [1.165, 1.54) is 32.1 Å². The quantitative estimate of drug-likeness (QED) is 0.718. The molecule has 19 heavy (non-hydrogen) atoms. The summed E-state index contributed by atoms with van der Waals surface area (Å²) in [5.74, 6) is 1.16. The standard InChI is InChI=1S/C17H26O2/c1-17-11-3-2-6-15(17)7-4-5-14(13-19)8-9-16(17)10-12-18/h8,12-13,15-16H,2-7,9-11H2,1H3/b14-8+. The molecule has 0 aromatic carbocycles. The minimum atomic E-state index is 0.300. The van der Waals surface area contributed by atoms with Crippen molar-refractivity contribution in [1.29, 1.82) is 0 Å². The first kappa shape index (κ1) is 14.5. The summed E-state index contributed by atoms with van der Waals surface area (Å²) >= 11 is 0. The van der Waals surface area contributed by atoms with Crippen molar-refractivity contribution in [2.24, 2.45) is 17.3 Å².